The van der Waals surface area contributed by atoms with Crippen LogP contribution in [0.3, 0.4) is 0 Å². The zero-order valence-electron chi connectivity index (χ0n) is 10.7. The summed E-state index contributed by atoms with van der Waals surface area (Å²) in [5.41, 5.74) is 0.510. The monoisotopic (exact) mass is 229 g/mol. The zero-order valence-corrected chi connectivity index (χ0v) is 10.7. The van der Waals surface area contributed by atoms with Crippen molar-refractivity contribution in [2.45, 2.75) is 45.4 Å². The van der Waals surface area contributed by atoms with Gasteiger partial charge in [0, 0.05) is 26.7 Å². The normalized spacial score (nSPS) is 33.6. The van der Waals surface area contributed by atoms with Crippen molar-refractivity contribution in [2.75, 3.05) is 26.7 Å². The van der Waals surface area contributed by atoms with E-state index in [1.54, 1.807) is 7.11 Å². The summed E-state index contributed by atoms with van der Waals surface area (Å²) in [6, 6.07) is 0. The molecule has 0 aromatic heterocycles. The summed E-state index contributed by atoms with van der Waals surface area (Å²) in [6.07, 6.45) is 2.96. The quantitative estimate of drug-likeness (QED) is 0.718. The minimum atomic E-state index is -0.792. The van der Waals surface area contributed by atoms with Gasteiger partial charge in [0.25, 0.3) is 0 Å². The summed E-state index contributed by atoms with van der Waals surface area (Å²) < 4.78 is 18.7. The molecule has 1 saturated carbocycles. The highest BCUT2D eigenvalue weighted by Gasteiger charge is 2.46. The van der Waals surface area contributed by atoms with E-state index in [9.17, 15) is 4.39 Å². The second kappa shape index (κ2) is 4.61. The molecule has 2 aliphatic rings. The van der Waals surface area contributed by atoms with Gasteiger partial charge in [0.2, 0.25) is 0 Å². The van der Waals surface area contributed by atoms with Crippen LogP contribution in [0.2, 0.25) is 0 Å². The molecule has 2 rings (SSSR count). The van der Waals surface area contributed by atoms with Crippen molar-refractivity contribution in [1.82, 2.24) is 4.90 Å². The molecule has 2 atom stereocenters. The smallest absolute Gasteiger partial charge is 0.140 e. The lowest BCUT2D eigenvalue weighted by atomic mass is 9.94. The van der Waals surface area contributed by atoms with E-state index >= 15 is 0 Å². The fraction of sp³-hybridized carbons (Fsp3) is 1.00. The first-order valence-corrected chi connectivity index (χ1v) is 6.44. The maximum Gasteiger partial charge on any atom is 0.140 e. The largest absolute Gasteiger partial charge is 0.377 e. The Kier molecular flexibility index (Phi) is 3.55. The first-order chi connectivity index (χ1) is 7.54. The highest BCUT2D eigenvalue weighted by atomic mass is 19.1. The van der Waals surface area contributed by atoms with E-state index in [2.05, 4.69) is 18.7 Å². The van der Waals surface area contributed by atoms with Crippen LogP contribution in [0.25, 0.3) is 0 Å². The van der Waals surface area contributed by atoms with Crippen LogP contribution in [0, 0.1) is 11.3 Å². The van der Waals surface area contributed by atoms with E-state index in [0.29, 0.717) is 12.0 Å². The second-order valence-corrected chi connectivity index (χ2v) is 6.08. The number of hydrogen-bond donors (Lipinski definition) is 0. The molecule has 2 nitrogen and oxygen atoms in total. The van der Waals surface area contributed by atoms with Gasteiger partial charge in [-0.25, -0.2) is 4.39 Å². The Morgan fingerprint density at radius 2 is 2.06 bits per heavy atom. The van der Waals surface area contributed by atoms with Gasteiger partial charge in [0.1, 0.15) is 12.3 Å². The molecule has 0 aromatic rings. The fourth-order valence-corrected chi connectivity index (χ4v) is 3.10. The lowest BCUT2D eigenvalue weighted by Crippen LogP contribution is -2.30. The maximum absolute atomic E-state index is 13.5. The van der Waals surface area contributed by atoms with Gasteiger partial charge >= 0.3 is 0 Å². The summed E-state index contributed by atoms with van der Waals surface area (Å²) in [5.74, 6) is 0.754. The third-order valence-corrected chi connectivity index (χ3v) is 3.93. The Bertz CT molecular complexity index is 240. The molecule has 0 N–H and O–H groups in total. The van der Waals surface area contributed by atoms with Crippen molar-refractivity contribution in [3.63, 3.8) is 0 Å². The molecule has 0 aromatic carbocycles. The standard InChI is InChI=1S/C13H24FNO/c1-10(2)6-13(4-5-13)9-15-7-11(14)12(8-15)16-3/h10-12H,4-9H2,1-3H3/t11-,12-/m0/s1. The van der Waals surface area contributed by atoms with Gasteiger partial charge in [-0.1, -0.05) is 13.8 Å². The SMILES string of the molecule is CO[C@H]1CN(CC2(CC(C)C)CC2)C[C@@H]1F. The van der Waals surface area contributed by atoms with E-state index in [1.807, 2.05) is 0 Å². The minimum absolute atomic E-state index is 0.199. The Labute approximate surface area is 98.1 Å². The molecule has 1 aliphatic heterocycles. The van der Waals surface area contributed by atoms with E-state index in [4.69, 9.17) is 4.74 Å². The van der Waals surface area contributed by atoms with Gasteiger partial charge in [0.15, 0.2) is 0 Å². The van der Waals surface area contributed by atoms with Crippen LogP contribution in [0.15, 0.2) is 0 Å². The Morgan fingerprint density at radius 1 is 1.38 bits per heavy atom. The number of nitrogens with zero attached hydrogens (tertiary/aromatic N) is 1. The number of alkyl halides is 1. The van der Waals surface area contributed by atoms with Crippen LogP contribution in [0.4, 0.5) is 4.39 Å². The second-order valence-electron chi connectivity index (χ2n) is 6.08. The minimum Gasteiger partial charge on any atom is -0.377 e. The lowest BCUT2D eigenvalue weighted by molar-refractivity contribution is 0.0616. The number of rotatable bonds is 5. The average molecular weight is 229 g/mol. The summed E-state index contributed by atoms with van der Waals surface area (Å²) in [5, 5.41) is 0. The summed E-state index contributed by atoms with van der Waals surface area (Å²) in [6.45, 7) is 6.97. The number of likely N-dealkylation sites (tertiary alicyclic amines) is 1. The molecule has 0 bridgehead atoms. The predicted molar refractivity (Wildman–Crippen MR) is 63.3 cm³/mol. The number of methoxy groups -OCH3 is 1. The van der Waals surface area contributed by atoms with Gasteiger partial charge in [-0.3, -0.25) is 4.90 Å². The Balaban J connectivity index is 1.82. The molecule has 0 radical (unpaired) electrons. The molecule has 0 amide bonds. The summed E-state index contributed by atoms with van der Waals surface area (Å²) in [4.78, 5) is 2.26. The van der Waals surface area contributed by atoms with Crippen LogP contribution in [0.1, 0.15) is 33.1 Å². The highest BCUT2D eigenvalue weighted by Crippen LogP contribution is 2.51. The Morgan fingerprint density at radius 3 is 2.50 bits per heavy atom. The molecular formula is C13H24FNO. The molecular weight excluding hydrogens is 205 g/mol. The highest BCUT2D eigenvalue weighted by molar-refractivity contribution is 4.98. The van der Waals surface area contributed by atoms with Crippen LogP contribution in [-0.2, 0) is 4.74 Å². The van der Waals surface area contributed by atoms with Gasteiger partial charge in [0.05, 0.1) is 0 Å². The van der Waals surface area contributed by atoms with E-state index in [1.165, 1.54) is 19.3 Å². The molecule has 0 unspecified atom stereocenters. The summed E-state index contributed by atoms with van der Waals surface area (Å²) in [7, 11) is 1.61. The van der Waals surface area contributed by atoms with Crippen molar-refractivity contribution in [2.24, 2.45) is 11.3 Å². The van der Waals surface area contributed by atoms with Crippen molar-refractivity contribution >= 4 is 0 Å². The van der Waals surface area contributed by atoms with E-state index < -0.39 is 6.17 Å². The lowest BCUT2D eigenvalue weighted by Gasteiger charge is -2.24. The van der Waals surface area contributed by atoms with E-state index in [-0.39, 0.29) is 6.10 Å². The van der Waals surface area contributed by atoms with Crippen LogP contribution in [0.5, 0.6) is 0 Å². The third-order valence-electron chi connectivity index (χ3n) is 3.93. The molecule has 3 heteroatoms. The van der Waals surface area contributed by atoms with Crippen LogP contribution >= 0.6 is 0 Å². The number of ether oxygens (including phenoxy) is 1. The molecule has 0 spiro atoms. The van der Waals surface area contributed by atoms with E-state index in [0.717, 1.165) is 19.0 Å². The zero-order chi connectivity index (χ0) is 11.8. The Hall–Kier alpha value is -0.150. The third kappa shape index (κ3) is 2.75. The molecule has 94 valence electrons. The average Bonchev–Trinajstić information content (AvgIpc) is 2.82. The van der Waals surface area contributed by atoms with Crippen molar-refractivity contribution in [3.8, 4) is 0 Å². The topological polar surface area (TPSA) is 12.5 Å². The van der Waals surface area contributed by atoms with Gasteiger partial charge in [-0.2, -0.15) is 0 Å². The summed E-state index contributed by atoms with van der Waals surface area (Å²) >= 11 is 0. The molecule has 1 aliphatic carbocycles. The van der Waals surface area contributed by atoms with Crippen molar-refractivity contribution in [1.29, 1.82) is 0 Å². The molecule has 1 saturated heterocycles. The number of halogens is 1. The molecule has 2 fully saturated rings. The first kappa shape index (κ1) is 12.3. The predicted octanol–water partition coefficient (Wildman–Crippen LogP) is 2.48. The first-order valence-electron chi connectivity index (χ1n) is 6.44. The number of hydrogen-bond acceptors (Lipinski definition) is 2. The molecule has 1 heterocycles. The van der Waals surface area contributed by atoms with Crippen molar-refractivity contribution in [3.05, 3.63) is 0 Å². The molecule has 16 heavy (non-hydrogen) atoms. The maximum atomic E-state index is 13.5. The van der Waals surface area contributed by atoms with Gasteiger partial charge in [-0.05, 0) is 30.6 Å². The van der Waals surface area contributed by atoms with Gasteiger partial charge in [-0.15, -0.1) is 0 Å². The van der Waals surface area contributed by atoms with Crippen LogP contribution < -0.4 is 0 Å². The van der Waals surface area contributed by atoms with Crippen LogP contribution in [-0.4, -0.2) is 43.9 Å². The van der Waals surface area contributed by atoms with Gasteiger partial charge < -0.3 is 4.74 Å². The van der Waals surface area contributed by atoms with Crippen molar-refractivity contribution < 1.29 is 9.13 Å². The fourth-order valence-electron chi connectivity index (χ4n) is 3.10.